The van der Waals surface area contributed by atoms with E-state index in [1.807, 2.05) is 36.4 Å². The molecule has 2 aromatic carbocycles. The van der Waals surface area contributed by atoms with Crippen molar-refractivity contribution in [3.8, 4) is 5.75 Å². The lowest BCUT2D eigenvalue weighted by molar-refractivity contribution is -0.126. The largest absolute Gasteiger partial charge is 0.496 e. The fourth-order valence-electron chi connectivity index (χ4n) is 4.00. The molecule has 4 rings (SSSR count). The Morgan fingerprint density at radius 1 is 1.11 bits per heavy atom. The third-order valence-electron chi connectivity index (χ3n) is 5.60. The van der Waals surface area contributed by atoms with Crippen molar-refractivity contribution in [3.05, 3.63) is 75.8 Å². The second-order valence-corrected chi connectivity index (χ2v) is 12.2. The van der Waals surface area contributed by atoms with Crippen LogP contribution in [0.25, 0.3) is 10.9 Å². The molecule has 0 fully saturated rings. The third-order valence-corrected chi connectivity index (χ3v) is 9.04. The van der Waals surface area contributed by atoms with Gasteiger partial charge in [-0.05, 0) is 41.8 Å². The molecule has 0 unspecified atom stereocenters. The van der Waals surface area contributed by atoms with Crippen LogP contribution in [0.4, 0.5) is 0 Å². The molecule has 11 heteroatoms. The van der Waals surface area contributed by atoms with Crippen molar-refractivity contribution < 1.29 is 22.7 Å². The smallest absolute Gasteiger partial charge is 0.224 e. The van der Waals surface area contributed by atoms with Gasteiger partial charge in [0.05, 0.1) is 41.0 Å². The highest BCUT2D eigenvalue weighted by Crippen LogP contribution is 2.33. The Bertz CT molecular complexity index is 1540. The molecule has 0 spiro atoms. The second kappa shape index (κ2) is 10.8. The van der Waals surface area contributed by atoms with Crippen LogP contribution in [0.5, 0.6) is 5.75 Å². The Hall–Kier alpha value is -3.21. The average molecular weight is 546 g/mol. The minimum atomic E-state index is -3.66. The SMILES string of the molecule is COc1cccc2c1c(CS(=O)(=O)c1ccc(Cl)s1)nn2Cc1cccc(CCC(=O)CC(N)=O)c1. The number of benzene rings is 2. The van der Waals surface area contributed by atoms with Crippen molar-refractivity contribution in [2.45, 2.75) is 35.8 Å². The summed E-state index contributed by atoms with van der Waals surface area (Å²) < 4.78 is 34.0. The van der Waals surface area contributed by atoms with Gasteiger partial charge in [0, 0.05) is 6.42 Å². The number of halogens is 1. The van der Waals surface area contributed by atoms with Crippen molar-refractivity contribution in [1.82, 2.24) is 9.78 Å². The maximum atomic E-state index is 13.1. The van der Waals surface area contributed by atoms with E-state index < -0.39 is 15.7 Å². The first-order valence-corrected chi connectivity index (χ1v) is 13.9. The Morgan fingerprint density at radius 2 is 1.86 bits per heavy atom. The number of carbonyl (C=O) groups is 2. The van der Waals surface area contributed by atoms with E-state index in [1.165, 1.54) is 13.2 Å². The van der Waals surface area contributed by atoms with Gasteiger partial charge in [0.15, 0.2) is 9.84 Å². The van der Waals surface area contributed by atoms with Crippen LogP contribution in [0.15, 0.2) is 58.8 Å². The number of sulfone groups is 1. The van der Waals surface area contributed by atoms with Gasteiger partial charge in [-0.1, -0.05) is 41.9 Å². The number of nitrogens with zero attached hydrogens (tertiary/aromatic N) is 2. The summed E-state index contributed by atoms with van der Waals surface area (Å²) in [4.78, 5) is 22.8. The van der Waals surface area contributed by atoms with Crippen LogP contribution in [0.2, 0.25) is 4.34 Å². The van der Waals surface area contributed by atoms with Crippen LogP contribution >= 0.6 is 22.9 Å². The van der Waals surface area contributed by atoms with E-state index in [-0.39, 0.29) is 28.6 Å². The number of primary amides is 1. The molecule has 4 aromatic rings. The number of nitrogens with two attached hydrogens (primary N) is 1. The van der Waals surface area contributed by atoms with E-state index >= 15 is 0 Å². The fourth-order valence-corrected chi connectivity index (χ4v) is 6.85. The number of ether oxygens (including phenoxy) is 1. The molecule has 0 radical (unpaired) electrons. The monoisotopic (exact) mass is 545 g/mol. The highest BCUT2D eigenvalue weighted by Gasteiger charge is 2.24. The molecule has 0 aliphatic heterocycles. The van der Waals surface area contributed by atoms with E-state index in [2.05, 4.69) is 5.10 Å². The first-order valence-electron chi connectivity index (χ1n) is 11.0. The summed E-state index contributed by atoms with van der Waals surface area (Å²) in [5, 5.41) is 5.31. The molecule has 0 atom stereocenters. The minimum Gasteiger partial charge on any atom is -0.496 e. The Balaban J connectivity index is 1.64. The average Bonchev–Trinajstić information content (AvgIpc) is 3.42. The molecule has 0 saturated carbocycles. The van der Waals surface area contributed by atoms with E-state index in [0.717, 1.165) is 28.0 Å². The first-order chi connectivity index (χ1) is 17.2. The molecule has 0 bridgehead atoms. The van der Waals surface area contributed by atoms with Crippen molar-refractivity contribution in [2.24, 2.45) is 5.73 Å². The molecule has 0 aliphatic carbocycles. The Morgan fingerprint density at radius 3 is 2.56 bits per heavy atom. The predicted molar refractivity (Wildman–Crippen MR) is 139 cm³/mol. The zero-order valence-electron chi connectivity index (χ0n) is 19.4. The number of thiophene rings is 1. The summed E-state index contributed by atoms with van der Waals surface area (Å²) in [6.07, 6.45) is 0.452. The van der Waals surface area contributed by atoms with Crippen molar-refractivity contribution in [3.63, 3.8) is 0 Å². The van der Waals surface area contributed by atoms with Gasteiger partial charge in [-0.2, -0.15) is 5.10 Å². The number of aromatic nitrogens is 2. The number of methoxy groups -OCH3 is 1. The topological polar surface area (TPSA) is 121 Å². The molecule has 0 saturated heterocycles. The normalized spacial score (nSPS) is 11.6. The molecular formula is C25H24ClN3O5S2. The lowest BCUT2D eigenvalue weighted by Gasteiger charge is -2.07. The summed E-state index contributed by atoms with van der Waals surface area (Å²) in [5.41, 5.74) is 8.10. The van der Waals surface area contributed by atoms with Crippen molar-refractivity contribution in [2.75, 3.05) is 7.11 Å². The van der Waals surface area contributed by atoms with Gasteiger partial charge in [-0.15, -0.1) is 11.3 Å². The van der Waals surface area contributed by atoms with Gasteiger partial charge < -0.3 is 10.5 Å². The van der Waals surface area contributed by atoms with Gasteiger partial charge in [0.1, 0.15) is 21.5 Å². The Labute approximate surface area is 217 Å². The van der Waals surface area contributed by atoms with E-state index in [0.29, 0.717) is 34.1 Å². The van der Waals surface area contributed by atoms with Crippen LogP contribution in [0.1, 0.15) is 29.7 Å². The maximum absolute atomic E-state index is 13.1. The zero-order chi connectivity index (χ0) is 25.9. The first kappa shape index (κ1) is 25.9. The van der Waals surface area contributed by atoms with Crippen LogP contribution in [0, 0.1) is 0 Å². The second-order valence-electron chi connectivity index (χ2n) is 8.28. The number of carbonyl (C=O) groups excluding carboxylic acids is 2. The molecular weight excluding hydrogens is 522 g/mol. The van der Waals surface area contributed by atoms with E-state index in [1.54, 1.807) is 16.8 Å². The summed E-state index contributed by atoms with van der Waals surface area (Å²) in [6.45, 7) is 0.387. The van der Waals surface area contributed by atoms with Crippen LogP contribution in [-0.4, -0.2) is 37.0 Å². The molecule has 1 amide bonds. The van der Waals surface area contributed by atoms with Gasteiger partial charge in [0.2, 0.25) is 5.91 Å². The zero-order valence-corrected chi connectivity index (χ0v) is 21.8. The molecule has 2 N–H and O–H groups in total. The summed E-state index contributed by atoms with van der Waals surface area (Å²) >= 11 is 6.97. The molecule has 0 aliphatic rings. The molecule has 2 aromatic heterocycles. The number of rotatable bonds is 11. The number of Topliss-reactive ketones (excluding diaryl/α,β-unsaturated/α-hetero) is 1. The van der Waals surface area contributed by atoms with E-state index in [4.69, 9.17) is 22.1 Å². The highest BCUT2D eigenvalue weighted by atomic mass is 35.5. The lowest BCUT2D eigenvalue weighted by Crippen LogP contribution is -2.16. The Kier molecular flexibility index (Phi) is 7.77. The number of hydrogen-bond acceptors (Lipinski definition) is 7. The number of fused-ring (bicyclic) bond motifs is 1. The number of hydrogen-bond donors (Lipinski definition) is 1. The molecule has 8 nitrogen and oxygen atoms in total. The van der Waals surface area contributed by atoms with Gasteiger partial charge >= 0.3 is 0 Å². The van der Waals surface area contributed by atoms with E-state index in [9.17, 15) is 18.0 Å². The van der Waals surface area contributed by atoms with Crippen LogP contribution < -0.4 is 10.5 Å². The predicted octanol–water partition coefficient (Wildman–Crippen LogP) is 4.16. The fraction of sp³-hybridized carbons (Fsp3) is 0.240. The maximum Gasteiger partial charge on any atom is 0.224 e. The van der Waals surface area contributed by atoms with Gasteiger partial charge in [0.25, 0.3) is 0 Å². The number of aryl methyl sites for hydroxylation is 1. The molecule has 188 valence electrons. The highest BCUT2D eigenvalue weighted by molar-refractivity contribution is 7.92. The lowest BCUT2D eigenvalue weighted by atomic mass is 10.0. The quantitative estimate of drug-likeness (QED) is 0.282. The van der Waals surface area contributed by atoms with Crippen molar-refractivity contribution >= 4 is 55.4 Å². The van der Waals surface area contributed by atoms with Crippen LogP contribution in [-0.2, 0) is 38.1 Å². The summed E-state index contributed by atoms with van der Waals surface area (Å²) in [7, 11) is -2.13. The van der Waals surface area contributed by atoms with Crippen molar-refractivity contribution in [1.29, 1.82) is 0 Å². The number of amides is 1. The van der Waals surface area contributed by atoms with Crippen LogP contribution in [0.3, 0.4) is 0 Å². The summed E-state index contributed by atoms with van der Waals surface area (Å²) in [5.74, 6) is -0.587. The standard InChI is InChI=1S/C25H24ClN3O5S2/c1-34-21-7-3-6-20-25(21)19(15-36(32,33)24-11-10-22(26)35-24)28-29(20)14-17-5-2-4-16(12-17)8-9-18(30)13-23(27)31/h2-7,10-12H,8-9,13-15H2,1H3,(H2,27,31). The van der Waals surface area contributed by atoms with Gasteiger partial charge in [-0.25, -0.2) is 8.42 Å². The third kappa shape index (κ3) is 5.95. The summed E-state index contributed by atoms with van der Waals surface area (Å²) in [6, 6.07) is 16.2. The number of ketones is 1. The molecule has 2 heterocycles. The minimum absolute atomic E-state index is 0.184. The van der Waals surface area contributed by atoms with Gasteiger partial charge in [-0.3, -0.25) is 14.3 Å². The molecule has 36 heavy (non-hydrogen) atoms.